The summed E-state index contributed by atoms with van der Waals surface area (Å²) in [5.41, 5.74) is 2.20. The van der Waals surface area contributed by atoms with Crippen LogP contribution in [0.25, 0.3) is 0 Å². The van der Waals surface area contributed by atoms with Gasteiger partial charge in [-0.25, -0.2) is 0 Å². The highest BCUT2D eigenvalue weighted by Crippen LogP contribution is 2.44. The quantitative estimate of drug-likeness (QED) is 0.854. The number of hydrogen-bond acceptors (Lipinski definition) is 5. The number of carbonyl (C=O) groups excluding carboxylic acids is 1. The van der Waals surface area contributed by atoms with E-state index < -0.39 is 0 Å². The fourth-order valence-corrected chi connectivity index (χ4v) is 3.68. The summed E-state index contributed by atoms with van der Waals surface area (Å²) in [5, 5.41) is 4.03. The van der Waals surface area contributed by atoms with Gasteiger partial charge in [0.15, 0.2) is 11.5 Å². The Kier molecular flexibility index (Phi) is 4.74. The molecule has 0 aliphatic carbocycles. The molecular weight excluding hydrogens is 368 g/mol. The van der Waals surface area contributed by atoms with Crippen LogP contribution in [-0.4, -0.2) is 37.7 Å². The second kappa shape index (κ2) is 7.19. The molecule has 0 fully saturated rings. The van der Waals surface area contributed by atoms with Crippen molar-refractivity contribution in [1.29, 1.82) is 0 Å². The number of anilines is 1. The normalized spacial score (nSPS) is 18.0. The van der Waals surface area contributed by atoms with Gasteiger partial charge in [-0.2, -0.15) is 0 Å². The maximum atomic E-state index is 13.1. The molecule has 4 rings (SSSR count). The molecule has 142 valence electrons. The van der Waals surface area contributed by atoms with Gasteiger partial charge >= 0.3 is 0 Å². The van der Waals surface area contributed by atoms with Crippen LogP contribution in [0.5, 0.6) is 17.2 Å². The molecule has 2 aromatic rings. The first-order valence-corrected chi connectivity index (χ1v) is 9.34. The number of benzene rings is 2. The van der Waals surface area contributed by atoms with Crippen molar-refractivity contribution in [1.82, 2.24) is 4.90 Å². The number of carbonyl (C=O) groups is 1. The number of nitrogens with one attached hydrogen (secondary N) is 1. The third-order valence-electron chi connectivity index (χ3n) is 4.71. The van der Waals surface area contributed by atoms with Gasteiger partial charge in [-0.3, -0.25) is 4.79 Å². The van der Waals surface area contributed by atoms with Crippen LogP contribution in [0.2, 0.25) is 5.02 Å². The molecule has 2 aliphatic heterocycles. The number of nitrogens with zero attached hydrogens (tertiary/aromatic N) is 1. The topological polar surface area (TPSA) is 60.0 Å². The van der Waals surface area contributed by atoms with Gasteiger partial charge in [0.1, 0.15) is 19.4 Å². The minimum Gasteiger partial charge on any atom is -0.493 e. The van der Waals surface area contributed by atoms with Crippen molar-refractivity contribution in [3.05, 3.63) is 46.5 Å². The third kappa shape index (κ3) is 3.14. The van der Waals surface area contributed by atoms with E-state index in [1.807, 2.05) is 24.0 Å². The van der Waals surface area contributed by atoms with E-state index in [1.54, 1.807) is 25.3 Å². The molecule has 0 radical (unpaired) electrons. The highest BCUT2D eigenvalue weighted by molar-refractivity contribution is 6.31. The van der Waals surface area contributed by atoms with E-state index in [1.165, 1.54) is 0 Å². The maximum absolute atomic E-state index is 13.1. The molecule has 7 heteroatoms. The Hall–Kier alpha value is -2.60. The average Bonchev–Trinajstić information content (AvgIpc) is 2.69. The second-order valence-corrected chi connectivity index (χ2v) is 6.92. The van der Waals surface area contributed by atoms with E-state index in [-0.39, 0.29) is 12.1 Å². The average molecular weight is 389 g/mol. The SMILES string of the molecule is CCCN1C(=O)c2ccc(Cl)cc2NC1c1cc(OC)c2c(c1)OCCO2. The maximum Gasteiger partial charge on any atom is 0.257 e. The van der Waals surface area contributed by atoms with Crippen LogP contribution in [0.1, 0.15) is 35.4 Å². The Balaban J connectivity index is 1.80. The number of rotatable bonds is 4. The second-order valence-electron chi connectivity index (χ2n) is 6.48. The highest BCUT2D eigenvalue weighted by Gasteiger charge is 2.34. The number of amides is 1. The molecule has 0 bridgehead atoms. The van der Waals surface area contributed by atoms with E-state index >= 15 is 0 Å². The predicted molar refractivity (Wildman–Crippen MR) is 103 cm³/mol. The number of hydrogen-bond donors (Lipinski definition) is 1. The van der Waals surface area contributed by atoms with Crippen LogP contribution < -0.4 is 19.5 Å². The molecular formula is C20H21ClN2O4. The number of halogens is 1. The van der Waals surface area contributed by atoms with Gasteiger partial charge in [-0.1, -0.05) is 18.5 Å². The Morgan fingerprint density at radius 1 is 1.26 bits per heavy atom. The minimum atomic E-state index is -0.354. The zero-order chi connectivity index (χ0) is 19.0. The standard InChI is InChI=1S/C20H21ClN2O4/c1-3-6-23-19(22-15-11-13(21)4-5-14(15)20(23)24)12-9-16(25-2)18-17(10-12)26-7-8-27-18/h4-5,9-11,19,22H,3,6-8H2,1-2H3. The van der Waals surface area contributed by atoms with Crippen molar-refractivity contribution < 1.29 is 19.0 Å². The lowest BCUT2D eigenvalue weighted by molar-refractivity contribution is 0.0682. The van der Waals surface area contributed by atoms with Gasteiger partial charge < -0.3 is 24.4 Å². The zero-order valence-electron chi connectivity index (χ0n) is 15.3. The molecule has 0 saturated heterocycles. The van der Waals surface area contributed by atoms with Gasteiger partial charge in [0.25, 0.3) is 5.91 Å². The van der Waals surface area contributed by atoms with Crippen LogP contribution in [0.15, 0.2) is 30.3 Å². The van der Waals surface area contributed by atoms with Crippen molar-refractivity contribution in [2.75, 3.05) is 32.2 Å². The molecule has 0 saturated carbocycles. The van der Waals surface area contributed by atoms with Gasteiger partial charge in [0.05, 0.1) is 18.4 Å². The van der Waals surface area contributed by atoms with E-state index in [9.17, 15) is 4.79 Å². The molecule has 1 N–H and O–H groups in total. The fourth-order valence-electron chi connectivity index (χ4n) is 3.51. The first-order valence-electron chi connectivity index (χ1n) is 8.97. The lowest BCUT2D eigenvalue weighted by Gasteiger charge is -2.38. The Morgan fingerprint density at radius 2 is 2.07 bits per heavy atom. The van der Waals surface area contributed by atoms with E-state index in [4.69, 9.17) is 25.8 Å². The number of methoxy groups -OCH3 is 1. The summed E-state index contributed by atoms with van der Waals surface area (Å²) in [6, 6.07) is 9.06. The zero-order valence-corrected chi connectivity index (χ0v) is 16.0. The van der Waals surface area contributed by atoms with E-state index in [2.05, 4.69) is 5.32 Å². The van der Waals surface area contributed by atoms with Crippen LogP contribution in [0, 0.1) is 0 Å². The number of ether oxygens (including phenoxy) is 3. The minimum absolute atomic E-state index is 0.0267. The van der Waals surface area contributed by atoms with Crippen LogP contribution >= 0.6 is 11.6 Å². The molecule has 1 unspecified atom stereocenters. The van der Waals surface area contributed by atoms with Crippen molar-refractivity contribution in [2.24, 2.45) is 0 Å². The molecule has 27 heavy (non-hydrogen) atoms. The summed E-state index contributed by atoms with van der Waals surface area (Å²) in [5.74, 6) is 1.78. The first-order chi connectivity index (χ1) is 13.1. The molecule has 2 heterocycles. The molecule has 0 aromatic heterocycles. The van der Waals surface area contributed by atoms with Crippen LogP contribution in [0.3, 0.4) is 0 Å². The van der Waals surface area contributed by atoms with Gasteiger partial charge in [0, 0.05) is 17.1 Å². The molecule has 6 nitrogen and oxygen atoms in total. The van der Waals surface area contributed by atoms with E-state index in [0.29, 0.717) is 47.6 Å². The third-order valence-corrected chi connectivity index (χ3v) is 4.94. The summed E-state index contributed by atoms with van der Waals surface area (Å²) in [4.78, 5) is 14.9. The molecule has 0 spiro atoms. The molecule has 2 aromatic carbocycles. The molecule has 1 amide bonds. The smallest absolute Gasteiger partial charge is 0.257 e. The summed E-state index contributed by atoms with van der Waals surface area (Å²) in [6.07, 6.45) is 0.488. The van der Waals surface area contributed by atoms with Crippen molar-refractivity contribution in [3.8, 4) is 17.2 Å². The van der Waals surface area contributed by atoms with E-state index in [0.717, 1.165) is 17.7 Å². The fraction of sp³-hybridized carbons (Fsp3) is 0.350. The number of fused-ring (bicyclic) bond motifs is 2. The Bertz CT molecular complexity index is 869. The molecule has 1 atom stereocenters. The van der Waals surface area contributed by atoms with Crippen molar-refractivity contribution >= 4 is 23.2 Å². The van der Waals surface area contributed by atoms with Crippen molar-refractivity contribution in [2.45, 2.75) is 19.5 Å². The Morgan fingerprint density at radius 3 is 2.85 bits per heavy atom. The van der Waals surface area contributed by atoms with Crippen molar-refractivity contribution in [3.63, 3.8) is 0 Å². The Labute approximate surface area is 163 Å². The van der Waals surface area contributed by atoms with Gasteiger partial charge in [-0.15, -0.1) is 0 Å². The monoisotopic (exact) mass is 388 g/mol. The largest absolute Gasteiger partial charge is 0.493 e. The van der Waals surface area contributed by atoms with Crippen LogP contribution in [0.4, 0.5) is 5.69 Å². The predicted octanol–water partition coefficient (Wildman–Crippen LogP) is 4.10. The van der Waals surface area contributed by atoms with Crippen LogP contribution in [-0.2, 0) is 0 Å². The highest BCUT2D eigenvalue weighted by atomic mass is 35.5. The summed E-state index contributed by atoms with van der Waals surface area (Å²) in [7, 11) is 1.59. The van der Waals surface area contributed by atoms with Gasteiger partial charge in [-0.05, 0) is 36.8 Å². The lowest BCUT2D eigenvalue weighted by Crippen LogP contribution is -2.43. The molecule has 2 aliphatic rings. The van der Waals surface area contributed by atoms with Gasteiger partial charge in [0.2, 0.25) is 5.75 Å². The summed E-state index contributed by atoms with van der Waals surface area (Å²) < 4.78 is 16.9. The first kappa shape index (κ1) is 17.8. The summed E-state index contributed by atoms with van der Waals surface area (Å²) in [6.45, 7) is 3.63. The lowest BCUT2D eigenvalue weighted by atomic mass is 10.0. The summed E-state index contributed by atoms with van der Waals surface area (Å²) >= 11 is 6.14.